The summed E-state index contributed by atoms with van der Waals surface area (Å²) in [4.78, 5) is 13.0. The molecule has 2 aromatic carbocycles. The number of nitrogens with one attached hydrogen (secondary N) is 2. The van der Waals surface area contributed by atoms with Crippen molar-refractivity contribution in [3.63, 3.8) is 0 Å². The Morgan fingerprint density at radius 1 is 1.05 bits per heavy atom. The predicted molar refractivity (Wildman–Crippen MR) is 143 cm³/mol. The van der Waals surface area contributed by atoms with Crippen LogP contribution >= 0.6 is 11.8 Å². The van der Waals surface area contributed by atoms with Crippen molar-refractivity contribution in [2.24, 2.45) is 0 Å². The van der Waals surface area contributed by atoms with E-state index < -0.39 is 15.3 Å². The van der Waals surface area contributed by atoms with E-state index in [9.17, 15) is 13.2 Å². The van der Waals surface area contributed by atoms with Gasteiger partial charge in [-0.2, -0.15) is 0 Å². The molecule has 0 saturated heterocycles. The molecular weight excluding hydrogens is 510 g/mol. The van der Waals surface area contributed by atoms with Gasteiger partial charge in [0.2, 0.25) is 15.9 Å². The Labute approximate surface area is 218 Å². The van der Waals surface area contributed by atoms with Gasteiger partial charge in [-0.25, -0.2) is 13.1 Å². The summed E-state index contributed by atoms with van der Waals surface area (Å²) in [5, 5.41) is 12.8. The number of carbonyl (C=O) groups excluding carboxylic acids is 1. The summed E-state index contributed by atoms with van der Waals surface area (Å²) in [5.74, 6) is 0.277. The molecule has 0 saturated carbocycles. The van der Waals surface area contributed by atoms with E-state index in [1.807, 2.05) is 36.4 Å². The lowest BCUT2D eigenvalue weighted by Gasteiger charge is -2.13. The second kappa shape index (κ2) is 10.0. The molecule has 0 spiro atoms. The van der Waals surface area contributed by atoms with Crippen LogP contribution in [0.2, 0.25) is 0 Å². The number of sulfonamides is 1. The third kappa shape index (κ3) is 5.10. The van der Waals surface area contributed by atoms with Crippen LogP contribution in [0.5, 0.6) is 0 Å². The zero-order chi connectivity index (χ0) is 26.2. The minimum absolute atomic E-state index is 0.0499. The van der Waals surface area contributed by atoms with E-state index in [-0.39, 0.29) is 17.3 Å². The maximum Gasteiger partial charge on any atom is 0.240 e. The van der Waals surface area contributed by atoms with Gasteiger partial charge in [-0.1, -0.05) is 30.0 Å². The molecule has 11 heteroatoms. The smallest absolute Gasteiger partial charge is 0.240 e. The van der Waals surface area contributed by atoms with E-state index >= 15 is 0 Å². The number of aryl methyl sites for hydroxylation is 2. The van der Waals surface area contributed by atoms with Crippen LogP contribution in [0.1, 0.15) is 23.8 Å². The Hall–Kier alpha value is -3.67. The summed E-state index contributed by atoms with van der Waals surface area (Å²) in [6.07, 6.45) is 1.48. The van der Waals surface area contributed by atoms with Gasteiger partial charge in [-0.15, -0.1) is 10.2 Å². The number of fused-ring (bicyclic) bond motifs is 3. The van der Waals surface area contributed by atoms with Crippen LogP contribution in [0.4, 0.5) is 5.69 Å². The Morgan fingerprint density at radius 3 is 2.57 bits per heavy atom. The van der Waals surface area contributed by atoms with Gasteiger partial charge < -0.3 is 9.73 Å². The van der Waals surface area contributed by atoms with Crippen LogP contribution < -0.4 is 10.0 Å². The van der Waals surface area contributed by atoms with E-state index in [1.54, 1.807) is 31.2 Å². The number of hydrogen-bond acceptors (Lipinski definition) is 7. The molecule has 0 fully saturated rings. The Balaban J connectivity index is 1.29. The zero-order valence-corrected chi connectivity index (χ0v) is 22.1. The Kier molecular flexibility index (Phi) is 6.76. The van der Waals surface area contributed by atoms with E-state index in [0.717, 1.165) is 27.7 Å². The van der Waals surface area contributed by atoms with Gasteiger partial charge in [0.1, 0.15) is 5.76 Å². The lowest BCUT2D eigenvalue weighted by atomic mass is 10.1. The van der Waals surface area contributed by atoms with E-state index in [2.05, 4.69) is 26.3 Å². The lowest BCUT2D eigenvalue weighted by molar-refractivity contribution is -0.115. The maximum atomic E-state index is 12.9. The van der Waals surface area contributed by atoms with E-state index in [0.29, 0.717) is 16.6 Å². The Morgan fingerprint density at radius 2 is 1.84 bits per heavy atom. The number of amides is 1. The van der Waals surface area contributed by atoms with Gasteiger partial charge >= 0.3 is 0 Å². The lowest BCUT2D eigenvalue weighted by Crippen LogP contribution is -2.24. The van der Waals surface area contributed by atoms with E-state index in [4.69, 9.17) is 4.42 Å². The number of nitrogens with zero attached hydrogens (tertiary/aromatic N) is 3. The van der Waals surface area contributed by atoms with Gasteiger partial charge in [-0.3, -0.25) is 9.20 Å². The third-order valence-corrected chi connectivity index (χ3v) is 8.45. The molecule has 190 valence electrons. The SMILES string of the molecule is Cc1cc2nnc(SC(C)C(=O)Nc3ccc(S(=O)(=O)NCc4ccco4)cc3)n2c2c(C)cccc12. The molecule has 5 aromatic rings. The largest absolute Gasteiger partial charge is 0.468 e. The molecule has 1 unspecified atom stereocenters. The van der Waals surface area contributed by atoms with Gasteiger partial charge in [0.25, 0.3) is 0 Å². The monoisotopic (exact) mass is 535 g/mol. The van der Waals surface area contributed by atoms with Gasteiger partial charge in [-0.05, 0) is 74.4 Å². The van der Waals surface area contributed by atoms with Crippen molar-refractivity contribution in [2.45, 2.75) is 42.6 Å². The summed E-state index contributed by atoms with van der Waals surface area (Å²) in [5.41, 5.74) is 4.45. The number of carbonyl (C=O) groups is 1. The molecule has 0 aliphatic carbocycles. The summed E-state index contributed by atoms with van der Waals surface area (Å²) >= 11 is 1.31. The quantitative estimate of drug-likeness (QED) is 0.277. The molecule has 5 rings (SSSR count). The second-order valence-electron chi connectivity index (χ2n) is 8.65. The highest BCUT2D eigenvalue weighted by Gasteiger charge is 2.21. The first-order valence-corrected chi connectivity index (χ1v) is 13.9. The van der Waals surface area contributed by atoms with Gasteiger partial charge in [0, 0.05) is 11.1 Å². The average Bonchev–Trinajstić information content (AvgIpc) is 3.54. The molecule has 0 aliphatic heterocycles. The molecular formula is C26H25N5O4S2. The van der Waals surface area contributed by atoms with Crippen molar-refractivity contribution in [3.8, 4) is 0 Å². The first-order valence-electron chi connectivity index (χ1n) is 11.6. The summed E-state index contributed by atoms with van der Waals surface area (Å²) in [6.45, 7) is 5.93. The van der Waals surface area contributed by atoms with Crippen molar-refractivity contribution < 1.29 is 17.6 Å². The second-order valence-corrected chi connectivity index (χ2v) is 11.7. The van der Waals surface area contributed by atoms with Crippen LogP contribution in [0.15, 0.2) is 81.4 Å². The molecule has 0 aliphatic rings. The first-order chi connectivity index (χ1) is 17.7. The van der Waals surface area contributed by atoms with Gasteiger partial charge in [0.15, 0.2) is 10.8 Å². The normalized spacial score (nSPS) is 12.7. The third-order valence-electron chi connectivity index (χ3n) is 5.99. The average molecular weight is 536 g/mol. The summed E-state index contributed by atoms with van der Waals surface area (Å²) in [7, 11) is -3.72. The highest BCUT2D eigenvalue weighted by Crippen LogP contribution is 2.30. The van der Waals surface area contributed by atoms with Crippen molar-refractivity contribution in [2.75, 3.05) is 5.32 Å². The topological polar surface area (TPSA) is 119 Å². The van der Waals surface area contributed by atoms with Crippen LogP contribution in [0.25, 0.3) is 16.6 Å². The number of benzene rings is 2. The van der Waals surface area contributed by atoms with Crippen molar-refractivity contribution >= 4 is 49.9 Å². The molecule has 3 heterocycles. The predicted octanol–water partition coefficient (Wildman–Crippen LogP) is 4.69. The minimum Gasteiger partial charge on any atom is -0.468 e. The first kappa shape index (κ1) is 25.0. The number of furan rings is 1. The van der Waals surface area contributed by atoms with Crippen LogP contribution in [0, 0.1) is 13.8 Å². The molecule has 0 radical (unpaired) electrons. The summed E-state index contributed by atoms with van der Waals surface area (Å²) < 4.78 is 34.7. The Bertz CT molecular complexity index is 1690. The van der Waals surface area contributed by atoms with E-state index in [1.165, 1.54) is 30.2 Å². The molecule has 37 heavy (non-hydrogen) atoms. The molecule has 2 N–H and O–H groups in total. The number of anilines is 1. The molecule has 1 atom stereocenters. The number of para-hydroxylation sites is 1. The highest BCUT2D eigenvalue weighted by atomic mass is 32.2. The number of thioether (sulfide) groups is 1. The fraction of sp³-hybridized carbons (Fsp3) is 0.192. The molecule has 1 amide bonds. The molecule has 0 bridgehead atoms. The maximum absolute atomic E-state index is 12.9. The van der Waals surface area contributed by atoms with Crippen molar-refractivity contribution in [1.82, 2.24) is 19.3 Å². The number of hydrogen-bond donors (Lipinski definition) is 2. The van der Waals surface area contributed by atoms with Crippen LogP contribution in [-0.2, 0) is 21.4 Å². The number of rotatable bonds is 8. The minimum atomic E-state index is -3.72. The van der Waals surface area contributed by atoms with Crippen molar-refractivity contribution in [1.29, 1.82) is 0 Å². The fourth-order valence-electron chi connectivity index (χ4n) is 4.04. The van der Waals surface area contributed by atoms with Crippen LogP contribution in [-0.4, -0.2) is 34.2 Å². The molecule has 3 aromatic heterocycles. The zero-order valence-electron chi connectivity index (χ0n) is 20.4. The number of aromatic nitrogens is 3. The highest BCUT2D eigenvalue weighted by molar-refractivity contribution is 8.00. The van der Waals surface area contributed by atoms with Gasteiger partial charge in [0.05, 0.1) is 28.5 Å². The number of pyridine rings is 1. The molecule has 9 nitrogen and oxygen atoms in total. The fourth-order valence-corrected chi connectivity index (χ4v) is 5.90. The van der Waals surface area contributed by atoms with Crippen molar-refractivity contribution in [3.05, 3.63) is 83.8 Å². The standard InChI is InChI=1S/C26H25N5O4S2/c1-16-6-4-8-22-17(2)14-23-29-30-26(31(23)24(16)22)36-18(3)25(32)28-19-9-11-21(12-10-19)37(33,34)27-15-20-7-5-13-35-20/h4-14,18,27H,15H2,1-3H3,(H,28,32). The summed E-state index contributed by atoms with van der Waals surface area (Å²) in [6, 6.07) is 17.5. The van der Waals surface area contributed by atoms with Crippen LogP contribution in [0.3, 0.4) is 0 Å².